The lowest BCUT2D eigenvalue weighted by atomic mass is 10.1. The van der Waals surface area contributed by atoms with Crippen molar-refractivity contribution in [3.63, 3.8) is 0 Å². The monoisotopic (exact) mass is 323 g/mol. The molecule has 1 aliphatic heterocycles. The molecule has 2 N–H and O–H groups in total. The van der Waals surface area contributed by atoms with Crippen molar-refractivity contribution in [3.8, 4) is 0 Å². The summed E-state index contributed by atoms with van der Waals surface area (Å²) < 4.78 is 0. The molecule has 0 spiro atoms. The summed E-state index contributed by atoms with van der Waals surface area (Å²) in [5.74, 6) is -0.541. The van der Waals surface area contributed by atoms with E-state index in [1.54, 1.807) is 24.3 Å². The number of benzene rings is 1. The summed E-state index contributed by atoms with van der Waals surface area (Å²) in [7, 11) is 0. The first-order chi connectivity index (χ1) is 10.6. The van der Waals surface area contributed by atoms with Gasteiger partial charge in [-0.3, -0.25) is 25.3 Å². The van der Waals surface area contributed by atoms with Gasteiger partial charge >= 0.3 is 0 Å². The van der Waals surface area contributed by atoms with E-state index in [0.29, 0.717) is 17.1 Å². The maximum atomic E-state index is 11.9. The molecule has 0 saturated carbocycles. The fraction of sp³-hybridized carbons (Fsp3) is 0.500. The molecule has 2 amide bonds. The van der Waals surface area contributed by atoms with Crippen LogP contribution < -0.4 is 10.9 Å². The van der Waals surface area contributed by atoms with Gasteiger partial charge in [-0.2, -0.15) is 0 Å². The fourth-order valence-corrected chi connectivity index (χ4v) is 2.64. The van der Waals surface area contributed by atoms with Crippen LogP contribution in [0.15, 0.2) is 24.3 Å². The molecular formula is C16H22ClN3O2. The van der Waals surface area contributed by atoms with E-state index >= 15 is 0 Å². The van der Waals surface area contributed by atoms with Crippen LogP contribution in [0.2, 0.25) is 5.02 Å². The number of likely N-dealkylation sites (tertiary alicyclic amines) is 1. The number of nitrogens with zero attached hydrogens (tertiary/aromatic N) is 1. The molecule has 1 aromatic carbocycles. The molecule has 0 aliphatic carbocycles. The van der Waals surface area contributed by atoms with Crippen LogP contribution in [-0.4, -0.2) is 36.3 Å². The summed E-state index contributed by atoms with van der Waals surface area (Å²) >= 11 is 5.77. The van der Waals surface area contributed by atoms with Crippen LogP contribution in [0.1, 0.15) is 42.5 Å². The van der Waals surface area contributed by atoms with Crippen molar-refractivity contribution < 1.29 is 9.59 Å². The predicted molar refractivity (Wildman–Crippen MR) is 86.6 cm³/mol. The Labute approximate surface area is 136 Å². The molecule has 22 heavy (non-hydrogen) atoms. The summed E-state index contributed by atoms with van der Waals surface area (Å²) in [6, 6.07) is 6.50. The highest BCUT2D eigenvalue weighted by Crippen LogP contribution is 2.10. The van der Waals surface area contributed by atoms with Crippen LogP contribution in [0.5, 0.6) is 0 Å². The van der Waals surface area contributed by atoms with Gasteiger partial charge < -0.3 is 0 Å². The number of hydrogen-bond donors (Lipinski definition) is 2. The van der Waals surface area contributed by atoms with Crippen LogP contribution in [-0.2, 0) is 4.79 Å². The molecule has 1 saturated heterocycles. The quantitative estimate of drug-likeness (QED) is 0.839. The van der Waals surface area contributed by atoms with Gasteiger partial charge in [0.25, 0.3) is 11.8 Å². The topological polar surface area (TPSA) is 61.4 Å². The smallest absolute Gasteiger partial charge is 0.269 e. The predicted octanol–water partition coefficient (Wildman–Crippen LogP) is 2.37. The molecule has 1 heterocycles. The van der Waals surface area contributed by atoms with Crippen LogP contribution in [0, 0.1) is 0 Å². The zero-order valence-electron chi connectivity index (χ0n) is 12.6. The third-order valence-electron chi connectivity index (χ3n) is 3.74. The summed E-state index contributed by atoms with van der Waals surface area (Å²) in [6.07, 6.45) is 6.00. The maximum Gasteiger partial charge on any atom is 0.269 e. The molecule has 120 valence electrons. The van der Waals surface area contributed by atoms with Gasteiger partial charge in [0.05, 0.1) is 6.54 Å². The molecule has 6 heteroatoms. The molecule has 0 atom stereocenters. The average molecular weight is 324 g/mol. The van der Waals surface area contributed by atoms with E-state index in [4.69, 9.17) is 11.6 Å². The highest BCUT2D eigenvalue weighted by Gasteiger charge is 2.13. The number of carbonyl (C=O) groups excluding carboxylic acids is 2. The third-order valence-corrected chi connectivity index (χ3v) is 3.99. The standard InChI is InChI=1S/C16H22ClN3O2/c17-14-8-6-13(7-9-14)16(22)19-18-15(21)12-20-10-4-2-1-3-5-11-20/h6-9H,1-5,10-12H2,(H,18,21)(H,19,22). The van der Waals surface area contributed by atoms with Gasteiger partial charge in [0.2, 0.25) is 0 Å². The van der Waals surface area contributed by atoms with Crippen LogP contribution >= 0.6 is 11.6 Å². The summed E-state index contributed by atoms with van der Waals surface area (Å²) in [4.78, 5) is 25.9. The Morgan fingerprint density at radius 2 is 1.55 bits per heavy atom. The lowest BCUT2D eigenvalue weighted by Gasteiger charge is -2.23. The second-order valence-electron chi connectivity index (χ2n) is 5.55. The lowest BCUT2D eigenvalue weighted by molar-refractivity contribution is -0.123. The van der Waals surface area contributed by atoms with Gasteiger partial charge in [0, 0.05) is 10.6 Å². The second kappa shape index (κ2) is 8.76. The molecular weight excluding hydrogens is 302 g/mol. The molecule has 0 aromatic heterocycles. The molecule has 1 aromatic rings. The van der Waals surface area contributed by atoms with Crippen molar-refractivity contribution in [2.24, 2.45) is 0 Å². The zero-order chi connectivity index (χ0) is 15.8. The maximum absolute atomic E-state index is 11.9. The van der Waals surface area contributed by atoms with Crippen molar-refractivity contribution in [3.05, 3.63) is 34.9 Å². The first-order valence-corrected chi connectivity index (χ1v) is 8.10. The van der Waals surface area contributed by atoms with Crippen molar-refractivity contribution in [1.29, 1.82) is 0 Å². The fourth-order valence-electron chi connectivity index (χ4n) is 2.51. The summed E-state index contributed by atoms with van der Waals surface area (Å²) in [6.45, 7) is 2.21. The largest absolute Gasteiger partial charge is 0.294 e. The normalized spacial score (nSPS) is 16.4. The minimum Gasteiger partial charge on any atom is -0.294 e. The third kappa shape index (κ3) is 5.66. The summed E-state index contributed by atoms with van der Waals surface area (Å²) in [5.41, 5.74) is 5.35. The number of amides is 2. The van der Waals surface area contributed by atoms with E-state index < -0.39 is 0 Å². The van der Waals surface area contributed by atoms with E-state index in [1.807, 2.05) is 0 Å². The Bertz CT molecular complexity index is 497. The van der Waals surface area contributed by atoms with Crippen LogP contribution in [0.3, 0.4) is 0 Å². The molecule has 1 fully saturated rings. The van der Waals surface area contributed by atoms with E-state index in [1.165, 1.54) is 19.3 Å². The van der Waals surface area contributed by atoms with E-state index in [9.17, 15) is 9.59 Å². The van der Waals surface area contributed by atoms with Gasteiger partial charge in [-0.1, -0.05) is 30.9 Å². The highest BCUT2D eigenvalue weighted by molar-refractivity contribution is 6.30. The lowest BCUT2D eigenvalue weighted by Crippen LogP contribution is -2.46. The van der Waals surface area contributed by atoms with E-state index in [2.05, 4.69) is 15.8 Å². The van der Waals surface area contributed by atoms with Crippen LogP contribution in [0.4, 0.5) is 0 Å². The first kappa shape index (κ1) is 16.8. The highest BCUT2D eigenvalue weighted by atomic mass is 35.5. The van der Waals surface area contributed by atoms with E-state index in [0.717, 1.165) is 25.9 Å². The second-order valence-corrected chi connectivity index (χ2v) is 5.99. The molecule has 5 nitrogen and oxygen atoms in total. The van der Waals surface area contributed by atoms with Gasteiger partial charge in [0.15, 0.2) is 0 Å². The van der Waals surface area contributed by atoms with Gasteiger partial charge in [-0.15, -0.1) is 0 Å². The zero-order valence-corrected chi connectivity index (χ0v) is 13.4. The average Bonchev–Trinajstić information content (AvgIpc) is 2.48. The van der Waals surface area contributed by atoms with E-state index in [-0.39, 0.29) is 11.8 Å². The molecule has 0 radical (unpaired) electrons. The minimum atomic E-state index is -0.349. The minimum absolute atomic E-state index is 0.192. The van der Waals surface area contributed by atoms with Gasteiger partial charge in [0.1, 0.15) is 0 Å². The molecule has 0 bridgehead atoms. The molecule has 0 unspecified atom stereocenters. The Kier molecular flexibility index (Phi) is 6.68. The molecule has 2 rings (SSSR count). The Hall–Kier alpha value is -1.59. The van der Waals surface area contributed by atoms with Crippen molar-refractivity contribution in [2.75, 3.05) is 19.6 Å². The van der Waals surface area contributed by atoms with Gasteiger partial charge in [-0.05, 0) is 50.2 Å². The Morgan fingerprint density at radius 3 is 2.18 bits per heavy atom. The number of rotatable bonds is 3. The number of nitrogens with one attached hydrogen (secondary N) is 2. The number of carbonyl (C=O) groups is 2. The summed E-state index contributed by atoms with van der Waals surface area (Å²) in [5, 5.41) is 0.567. The van der Waals surface area contributed by atoms with Crippen LogP contribution in [0.25, 0.3) is 0 Å². The SMILES string of the molecule is O=C(CN1CCCCCCC1)NNC(=O)c1ccc(Cl)cc1. The number of hydrazine groups is 1. The van der Waals surface area contributed by atoms with Crippen molar-refractivity contribution in [2.45, 2.75) is 32.1 Å². The van der Waals surface area contributed by atoms with Gasteiger partial charge in [-0.25, -0.2) is 0 Å². The first-order valence-electron chi connectivity index (χ1n) is 7.72. The molecule has 1 aliphatic rings. The van der Waals surface area contributed by atoms with Crippen molar-refractivity contribution in [1.82, 2.24) is 15.8 Å². The Morgan fingerprint density at radius 1 is 0.955 bits per heavy atom. The number of hydrogen-bond acceptors (Lipinski definition) is 3. The van der Waals surface area contributed by atoms with Crippen molar-refractivity contribution >= 4 is 23.4 Å². The number of halogens is 1. The Balaban J connectivity index is 1.74.